The van der Waals surface area contributed by atoms with Crippen LogP contribution in [0.3, 0.4) is 0 Å². The van der Waals surface area contributed by atoms with E-state index in [1.165, 1.54) is 11.8 Å². The Kier molecular flexibility index (Phi) is 5.75. The fourth-order valence-electron chi connectivity index (χ4n) is 2.15. The van der Waals surface area contributed by atoms with Gasteiger partial charge in [-0.2, -0.15) is 0 Å². The fourth-order valence-corrected chi connectivity index (χ4v) is 3.20. The maximum atomic E-state index is 12.1. The molecule has 0 aliphatic carbocycles. The minimum Gasteiger partial charge on any atom is -0.463 e. The van der Waals surface area contributed by atoms with Gasteiger partial charge in [0.1, 0.15) is 16.7 Å². The number of halogens is 1. The van der Waals surface area contributed by atoms with Gasteiger partial charge < -0.3 is 15.1 Å². The van der Waals surface area contributed by atoms with Crippen LogP contribution in [0.4, 0.5) is 5.69 Å². The van der Waals surface area contributed by atoms with E-state index in [4.69, 9.17) is 16.0 Å². The summed E-state index contributed by atoms with van der Waals surface area (Å²) in [7, 11) is 0. The molecule has 1 saturated heterocycles. The van der Waals surface area contributed by atoms with Crippen LogP contribution in [0.25, 0.3) is 0 Å². The molecule has 2 N–H and O–H groups in total. The van der Waals surface area contributed by atoms with Crippen LogP contribution in [-0.4, -0.2) is 27.9 Å². The molecular formula is C17H15ClN4O3S. The summed E-state index contributed by atoms with van der Waals surface area (Å²) < 4.78 is 5.21. The molecule has 0 spiro atoms. The van der Waals surface area contributed by atoms with Crippen molar-refractivity contribution in [2.45, 2.75) is 18.6 Å². The van der Waals surface area contributed by atoms with Gasteiger partial charge in [0.2, 0.25) is 11.8 Å². The van der Waals surface area contributed by atoms with E-state index in [1.807, 2.05) is 0 Å². The lowest BCUT2D eigenvalue weighted by Gasteiger charge is -2.07. The van der Waals surface area contributed by atoms with Crippen LogP contribution < -0.4 is 10.6 Å². The summed E-state index contributed by atoms with van der Waals surface area (Å²) in [5.74, 6) is 0.0601. The van der Waals surface area contributed by atoms with Gasteiger partial charge in [0.15, 0.2) is 5.17 Å². The van der Waals surface area contributed by atoms with Crippen molar-refractivity contribution in [2.24, 2.45) is 10.2 Å². The number of carbonyl (C=O) groups is 2. The highest BCUT2D eigenvalue weighted by atomic mass is 35.5. The number of nitrogens with one attached hydrogen (secondary N) is 2. The number of amidine groups is 1. The standard InChI is InChI=1S/C17H15ClN4O3S/c1-10(13-3-2-8-25-13)21-22-17-20-16(24)14(26-17)9-15(23)19-12-6-4-11(18)5-7-12/h2-8,14H,9H2,1H3,(H,19,23)(H,20,22,24). The zero-order valence-electron chi connectivity index (χ0n) is 13.7. The third-order valence-corrected chi connectivity index (χ3v) is 4.77. The highest BCUT2D eigenvalue weighted by molar-refractivity contribution is 8.15. The molecule has 1 fully saturated rings. The summed E-state index contributed by atoms with van der Waals surface area (Å²) in [6.07, 6.45) is 1.57. The number of hydrogen-bond acceptors (Lipinski definition) is 6. The third kappa shape index (κ3) is 4.74. The Morgan fingerprint density at radius 1 is 1.35 bits per heavy atom. The molecule has 26 heavy (non-hydrogen) atoms. The molecule has 1 unspecified atom stereocenters. The molecule has 2 heterocycles. The number of anilines is 1. The van der Waals surface area contributed by atoms with Crippen molar-refractivity contribution in [1.82, 2.24) is 5.32 Å². The Morgan fingerprint density at radius 2 is 2.12 bits per heavy atom. The van der Waals surface area contributed by atoms with E-state index in [1.54, 1.807) is 49.6 Å². The first-order valence-electron chi connectivity index (χ1n) is 7.70. The zero-order valence-corrected chi connectivity index (χ0v) is 15.3. The molecule has 1 atom stereocenters. The van der Waals surface area contributed by atoms with E-state index in [9.17, 15) is 9.59 Å². The second-order valence-corrected chi connectivity index (χ2v) is 7.05. The summed E-state index contributed by atoms with van der Waals surface area (Å²) in [5, 5.41) is 13.8. The monoisotopic (exact) mass is 390 g/mol. The summed E-state index contributed by atoms with van der Waals surface area (Å²) in [5.41, 5.74) is 1.21. The molecule has 0 bridgehead atoms. The number of nitrogens with zero attached hydrogens (tertiary/aromatic N) is 2. The van der Waals surface area contributed by atoms with Crippen LogP contribution in [0.1, 0.15) is 19.1 Å². The quantitative estimate of drug-likeness (QED) is 0.604. The van der Waals surface area contributed by atoms with E-state index >= 15 is 0 Å². The number of hydrogen-bond donors (Lipinski definition) is 2. The van der Waals surface area contributed by atoms with Crippen molar-refractivity contribution in [3.05, 3.63) is 53.4 Å². The topological polar surface area (TPSA) is 96.1 Å². The molecule has 0 radical (unpaired) electrons. The van der Waals surface area contributed by atoms with Crippen molar-refractivity contribution in [3.8, 4) is 0 Å². The van der Waals surface area contributed by atoms with Crippen LogP contribution in [0.5, 0.6) is 0 Å². The lowest BCUT2D eigenvalue weighted by molar-refractivity contribution is -0.122. The number of amides is 2. The molecule has 2 aromatic rings. The van der Waals surface area contributed by atoms with Crippen molar-refractivity contribution in [3.63, 3.8) is 0 Å². The molecule has 7 nitrogen and oxygen atoms in total. The van der Waals surface area contributed by atoms with E-state index in [0.717, 1.165) is 0 Å². The summed E-state index contributed by atoms with van der Waals surface area (Å²) in [4.78, 5) is 24.1. The van der Waals surface area contributed by atoms with Crippen LogP contribution in [0.15, 0.2) is 57.3 Å². The Balaban J connectivity index is 1.57. The molecule has 134 valence electrons. The molecule has 1 aliphatic heterocycles. The lowest BCUT2D eigenvalue weighted by Crippen LogP contribution is -2.28. The third-order valence-electron chi connectivity index (χ3n) is 3.44. The Hall–Kier alpha value is -2.58. The average molecular weight is 391 g/mol. The Bertz CT molecular complexity index is 863. The van der Waals surface area contributed by atoms with Gasteiger partial charge in [-0.25, -0.2) is 0 Å². The second-order valence-electron chi connectivity index (χ2n) is 5.42. The van der Waals surface area contributed by atoms with Gasteiger partial charge in [0.25, 0.3) is 0 Å². The average Bonchev–Trinajstić information content (AvgIpc) is 3.25. The summed E-state index contributed by atoms with van der Waals surface area (Å²) in [6.45, 7) is 1.75. The second kappa shape index (κ2) is 8.20. The van der Waals surface area contributed by atoms with Gasteiger partial charge >= 0.3 is 0 Å². The first-order chi connectivity index (χ1) is 12.5. The van der Waals surface area contributed by atoms with Crippen LogP contribution >= 0.6 is 23.4 Å². The maximum Gasteiger partial charge on any atom is 0.240 e. The number of carbonyl (C=O) groups excluding carboxylic acids is 2. The largest absolute Gasteiger partial charge is 0.463 e. The van der Waals surface area contributed by atoms with Crippen molar-refractivity contribution in [1.29, 1.82) is 0 Å². The molecule has 9 heteroatoms. The van der Waals surface area contributed by atoms with Gasteiger partial charge in [-0.05, 0) is 43.3 Å². The first kappa shape index (κ1) is 18.2. The van der Waals surface area contributed by atoms with Gasteiger partial charge in [-0.15, -0.1) is 10.2 Å². The van der Waals surface area contributed by atoms with E-state index in [-0.39, 0.29) is 18.2 Å². The number of benzene rings is 1. The minimum absolute atomic E-state index is 0.0268. The predicted molar refractivity (Wildman–Crippen MR) is 103 cm³/mol. The molecule has 1 aliphatic rings. The number of furan rings is 1. The van der Waals surface area contributed by atoms with E-state index < -0.39 is 5.25 Å². The fraction of sp³-hybridized carbons (Fsp3) is 0.176. The van der Waals surface area contributed by atoms with Crippen LogP contribution in [-0.2, 0) is 9.59 Å². The Labute approximate surface area is 158 Å². The van der Waals surface area contributed by atoms with Crippen molar-refractivity contribution < 1.29 is 14.0 Å². The minimum atomic E-state index is -0.555. The van der Waals surface area contributed by atoms with Crippen molar-refractivity contribution in [2.75, 3.05) is 5.32 Å². The van der Waals surface area contributed by atoms with Gasteiger partial charge in [-0.3, -0.25) is 9.59 Å². The zero-order chi connectivity index (χ0) is 18.5. The first-order valence-corrected chi connectivity index (χ1v) is 8.96. The SMILES string of the molecule is CC(=NN=C1NC(=O)C(CC(=O)Nc2ccc(Cl)cc2)S1)c1ccco1. The van der Waals surface area contributed by atoms with Crippen LogP contribution in [0, 0.1) is 0 Å². The van der Waals surface area contributed by atoms with Gasteiger partial charge in [-0.1, -0.05) is 23.4 Å². The summed E-state index contributed by atoms with van der Waals surface area (Å²) in [6, 6.07) is 10.3. The van der Waals surface area contributed by atoms with E-state index in [0.29, 0.717) is 27.3 Å². The lowest BCUT2D eigenvalue weighted by atomic mass is 10.2. The highest BCUT2D eigenvalue weighted by Crippen LogP contribution is 2.23. The van der Waals surface area contributed by atoms with Crippen LogP contribution in [0.2, 0.25) is 5.02 Å². The smallest absolute Gasteiger partial charge is 0.240 e. The Morgan fingerprint density at radius 3 is 2.81 bits per heavy atom. The molecule has 1 aromatic heterocycles. The molecule has 0 saturated carbocycles. The molecule has 1 aromatic carbocycles. The number of thioether (sulfide) groups is 1. The summed E-state index contributed by atoms with van der Waals surface area (Å²) >= 11 is 6.98. The van der Waals surface area contributed by atoms with Crippen molar-refractivity contribution >= 4 is 51.7 Å². The predicted octanol–water partition coefficient (Wildman–Crippen LogP) is 3.27. The molecule has 3 rings (SSSR count). The normalized spacial score (nSPS) is 18.8. The van der Waals surface area contributed by atoms with E-state index in [2.05, 4.69) is 20.8 Å². The van der Waals surface area contributed by atoms with Gasteiger partial charge in [0, 0.05) is 17.1 Å². The van der Waals surface area contributed by atoms with Gasteiger partial charge in [0.05, 0.1) is 6.26 Å². The highest BCUT2D eigenvalue weighted by Gasteiger charge is 2.32. The molecular weight excluding hydrogens is 376 g/mol. The molecule has 2 amide bonds. The number of rotatable bonds is 5. The maximum absolute atomic E-state index is 12.1.